The smallest absolute Gasteiger partial charge is 0.388 e. The minimum Gasteiger partial charge on any atom is -0.507 e. The fourth-order valence-electron chi connectivity index (χ4n) is 3.80. The number of nitrogens with zero attached hydrogens (tertiary/aromatic N) is 3. The molecule has 0 fully saturated rings. The van der Waals surface area contributed by atoms with E-state index < -0.39 is 12.4 Å². The van der Waals surface area contributed by atoms with Crippen LogP contribution in [0, 0.1) is 5.82 Å². The minimum absolute atomic E-state index is 0.0976. The number of alkyl halides is 2. The first-order valence-corrected chi connectivity index (χ1v) is 11.1. The Morgan fingerprint density at radius 2 is 1.86 bits per heavy atom. The number of benzene rings is 2. The number of hydrogen-bond donors (Lipinski definition) is 2. The highest BCUT2D eigenvalue weighted by Gasteiger charge is 2.23. The summed E-state index contributed by atoms with van der Waals surface area (Å²) in [6.07, 6.45) is 2.60. The SMILES string of the molecule is Cn1nc(-c2ccc(F)cc2)c(-c2ccnc(CCCNC(=O)c3ccccc3O)c2)c1OC(F)F. The van der Waals surface area contributed by atoms with Gasteiger partial charge in [-0.05, 0) is 66.9 Å². The van der Waals surface area contributed by atoms with E-state index in [0.29, 0.717) is 47.5 Å². The van der Waals surface area contributed by atoms with E-state index in [1.165, 1.54) is 48.1 Å². The summed E-state index contributed by atoms with van der Waals surface area (Å²) >= 11 is 0. The monoisotopic (exact) mass is 496 g/mol. The number of carbonyl (C=O) groups excluding carboxylic acids is 1. The second kappa shape index (κ2) is 10.9. The molecular weight excluding hydrogens is 473 g/mol. The van der Waals surface area contributed by atoms with E-state index in [2.05, 4.69) is 15.4 Å². The normalized spacial score (nSPS) is 11.0. The Balaban J connectivity index is 1.54. The lowest BCUT2D eigenvalue weighted by molar-refractivity contribution is -0.0549. The quantitative estimate of drug-likeness (QED) is 0.320. The highest BCUT2D eigenvalue weighted by atomic mass is 19.3. The largest absolute Gasteiger partial charge is 0.507 e. The zero-order chi connectivity index (χ0) is 25.7. The standard InChI is InChI=1S/C26H23F3N4O3/c1-33-25(36-26(28)29)22(23(32-33)16-8-10-18(27)11-9-16)17-12-14-30-19(15-17)5-4-13-31-24(35)20-6-2-3-7-21(20)34/h2-3,6-12,14-15,26,34H,4-5,13H2,1H3,(H,31,35). The predicted octanol–water partition coefficient (Wildman–Crippen LogP) is 4.96. The molecule has 0 atom stereocenters. The topological polar surface area (TPSA) is 89.3 Å². The first kappa shape index (κ1) is 24.8. The van der Waals surface area contributed by atoms with Gasteiger partial charge in [0.25, 0.3) is 5.91 Å². The van der Waals surface area contributed by atoms with Gasteiger partial charge in [0.05, 0.1) is 11.1 Å². The molecule has 0 radical (unpaired) electrons. The van der Waals surface area contributed by atoms with E-state index in [9.17, 15) is 23.1 Å². The zero-order valence-corrected chi connectivity index (χ0v) is 19.3. The van der Waals surface area contributed by atoms with Gasteiger partial charge in [-0.2, -0.15) is 13.9 Å². The molecule has 2 heterocycles. The lowest BCUT2D eigenvalue weighted by Crippen LogP contribution is -2.24. The van der Waals surface area contributed by atoms with Gasteiger partial charge in [-0.15, -0.1) is 0 Å². The highest BCUT2D eigenvalue weighted by molar-refractivity contribution is 5.96. The summed E-state index contributed by atoms with van der Waals surface area (Å²) in [7, 11) is 1.49. The van der Waals surface area contributed by atoms with Crippen LogP contribution in [-0.4, -0.2) is 38.9 Å². The summed E-state index contributed by atoms with van der Waals surface area (Å²) in [6, 6.07) is 15.2. The molecule has 0 saturated heterocycles. The summed E-state index contributed by atoms with van der Waals surface area (Å²) in [5.74, 6) is -1.04. The van der Waals surface area contributed by atoms with Crippen LogP contribution in [0.3, 0.4) is 0 Å². The maximum atomic E-state index is 13.5. The summed E-state index contributed by atoms with van der Waals surface area (Å²) in [5, 5.41) is 16.9. The van der Waals surface area contributed by atoms with Crippen molar-refractivity contribution in [3.8, 4) is 34.0 Å². The average molecular weight is 496 g/mol. The molecule has 0 aliphatic rings. The number of aromatic nitrogens is 3. The molecule has 4 rings (SSSR count). The predicted molar refractivity (Wildman–Crippen MR) is 127 cm³/mol. The Morgan fingerprint density at radius 3 is 2.58 bits per heavy atom. The second-order valence-corrected chi connectivity index (χ2v) is 7.95. The molecule has 7 nitrogen and oxygen atoms in total. The van der Waals surface area contributed by atoms with Gasteiger partial charge in [-0.1, -0.05) is 12.1 Å². The molecule has 0 saturated carbocycles. The van der Waals surface area contributed by atoms with Crippen LogP contribution in [0.1, 0.15) is 22.5 Å². The lowest BCUT2D eigenvalue weighted by Gasteiger charge is -2.10. The second-order valence-electron chi connectivity index (χ2n) is 7.95. The molecule has 0 bridgehead atoms. The third-order valence-corrected chi connectivity index (χ3v) is 5.46. The number of phenolic OH excluding ortho intramolecular Hbond substituents is 1. The number of aromatic hydroxyl groups is 1. The van der Waals surface area contributed by atoms with E-state index in [-0.39, 0.29) is 23.1 Å². The van der Waals surface area contributed by atoms with Crippen LogP contribution in [-0.2, 0) is 13.5 Å². The molecule has 0 unspecified atom stereocenters. The number of rotatable bonds is 9. The molecule has 1 amide bonds. The molecule has 0 aliphatic carbocycles. The van der Waals surface area contributed by atoms with Crippen LogP contribution in [0.5, 0.6) is 11.6 Å². The van der Waals surface area contributed by atoms with Crippen molar-refractivity contribution in [2.75, 3.05) is 6.54 Å². The van der Waals surface area contributed by atoms with Gasteiger partial charge in [-0.25, -0.2) is 9.07 Å². The summed E-state index contributed by atoms with van der Waals surface area (Å²) in [6.45, 7) is -2.72. The van der Waals surface area contributed by atoms with Gasteiger partial charge in [0.1, 0.15) is 17.3 Å². The van der Waals surface area contributed by atoms with Crippen molar-refractivity contribution in [1.82, 2.24) is 20.1 Å². The maximum absolute atomic E-state index is 13.5. The van der Waals surface area contributed by atoms with Crippen LogP contribution < -0.4 is 10.1 Å². The van der Waals surface area contributed by atoms with E-state index in [1.807, 2.05) is 0 Å². The number of pyridine rings is 1. The van der Waals surface area contributed by atoms with Crippen LogP contribution in [0.4, 0.5) is 13.2 Å². The molecule has 4 aromatic rings. The fraction of sp³-hybridized carbons (Fsp3) is 0.192. The summed E-state index contributed by atoms with van der Waals surface area (Å²) in [5.41, 5.74) is 2.65. The Morgan fingerprint density at radius 1 is 1.11 bits per heavy atom. The van der Waals surface area contributed by atoms with E-state index >= 15 is 0 Å². The van der Waals surface area contributed by atoms with Crippen molar-refractivity contribution in [3.05, 3.63) is 83.9 Å². The Labute approximate surface area is 205 Å². The third-order valence-electron chi connectivity index (χ3n) is 5.46. The minimum atomic E-state index is -3.06. The van der Waals surface area contributed by atoms with Crippen LogP contribution >= 0.6 is 0 Å². The fourth-order valence-corrected chi connectivity index (χ4v) is 3.80. The van der Waals surface area contributed by atoms with E-state index in [4.69, 9.17) is 4.74 Å². The molecule has 36 heavy (non-hydrogen) atoms. The van der Waals surface area contributed by atoms with Crippen molar-refractivity contribution >= 4 is 5.91 Å². The molecular formula is C26H23F3N4O3. The third kappa shape index (κ3) is 5.65. The van der Waals surface area contributed by atoms with Crippen LogP contribution in [0.2, 0.25) is 0 Å². The number of ether oxygens (including phenoxy) is 1. The van der Waals surface area contributed by atoms with Crippen LogP contribution in [0.15, 0.2) is 66.9 Å². The summed E-state index contributed by atoms with van der Waals surface area (Å²) in [4.78, 5) is 16.6. The Hall–Kier alpha value is -4.34. The maximum Gasteiger partial charge on any atom is 0.388 e. The number of carbonyl (C=O) groups is 1. The van der Waals surface area contributed by atoms with Gasteiger partial charge in [0, 0.05) is 31.0 Å². The molecule has 186 valence electrons. The number of hydrogen-bond acceptors (Lipinski definition) is 5. The molecule has 0 aliphatic heterocycles. The van der Waals surface area contributed by atoms with Gasteiger partial charge >= 0.3 is 6.61 Å². The van der Waals surface area contributed by atoms with Gasteiger partial charge in [-0.3, -0.25) is 9.78 Å². The van der Waals surface area contributed by atoms with Crippen molar-refractivity contribution in [3.63, 3.8) is 0 Å². The first-order valence-electron chi connectivity index (χ1n) is 11.1. The number of phenols is 1. The molecule has 2 N–H and O–H groups in total. The van der Waals surface area contributed by atoms with Gasteiger partial charge in [0.15, 0.2) is 0 Å². The van der Waals surface area contributed by atoms with Gasteiger partial charge < -0.3 is 15.2 Å². The lowest BCUT2D eigenvalue weighted by atomic mass is 10.0. The molecule has 2 aromatic heterocycles. The Kier molecular flexibility index (Phi) is 7.53. The van der Waals surface area contributed by atoms with Crippen molar-refractivity contribution < 1.29 is 27.8 Å². The molecule has 10 heteroatoms. The van der Waals surface area contributed by atoms with E-state index in [0.717, 1.165) is 0 Å². The molecule has 2 aromatic carbocycles. The number of amides is 1. The van der Waals surface area contributed by atoms with Crippen molar-refractivity contribution in [2.24, 2.45) is 7.05 Å². The Bertz CT molecular complexity index is 1360. The van der Waals surface area contributed by atoms with Gasteiger partial charge in [0.2, 0.25) is 5.88 Å². The van der Waals surface area contributed by atoms with Crippen molar-refractivity contribution in [2.45, 2.75) is 19.5 Å². The summed E-state index contributed by atoms with van der Waals surface area (Å²) < 4.78 is 45.8. The van der Waals surface area contributed by atoms with E-state index in [1.54, 1.807) is 30.5 Å². The molecule has 0 spiro atoms. The zero-order valence-electron chi connectivity index (χ0n) is 19.3. The number of para-hydroxylation sites is 1. The number of aryl methyl sites for hydroxylation is 2. The average Bonchev–Trinajstić information content (AvgIpc) is 3.18. The first-order chi connectivity index (χ1) is 17.3. The van der Waals surface area contributed by atoms with Crippen LogP contribution in [0.25, 0.3) is 22.4 Å². The number of nitrogens with one attached hydrogen (secondary N) is 1. The highest BCUT2D eigenvalue weighted by Crippen LogP contribution is 2.39. The number of halogens is 3. The van der Waals surface area contributed by atoms with Crippen molar-refractivity contribution in [1.29, 1.82) is 0 Å².